The summed E-state index contributed by atoms with van der Waals surface area (Å²) in [6, 6.07) is 6.77. The first kappa shape index (κ1) is 20.3. The summed E-state index contributed by atoms with van der Waals surface area (Å²) < 4.78 is 39.4. The van der Waals surface area contributed by atoms with Crippen molar-refractivity contribution in [2.24, 2.45) is 0 Å². The Morgan fingerprint density at radius 3 is 2.54 bits per heavy atom. The van der Waals surface area contributed by atoms with Crippen molar-refractivity contribution in [3.8, 4) is 28.6 Å². The van der Waals surface area contributed by atoms with Crippen LogP contribution in [0.2, 0.25) is 0 Å². The molecule has 1 unspecified atom stereocenters. The van der Waals surface area contributed by atoms with E-state index >= 15 is 0 Å². The van der Waals surface area contributed by atoms with Crippen molar-refractivity contribution in [2.45, 2.75) is 18.2 Å². The minimum Gasteiger partial charge on any atom is -0.502 e. The summed E-state index contributed by atoms with van der Waals surface area (Å²) in [7, 11) is -1.17. The molecule has 0 aliphatic rings. The second-order valence-corrected chi connectivity index (χ2v) is 7.15. The largest absolute Gasteiger partial charge is 0.502 e. The van der Waals surface area contributed by atoms with Crippen LogP contribution in [0.1, 0.15) is 23.9 Å². The fourth-order valence-electron chi connectivity index (χ4n) is 2.22. The molecule has 2 aromatic rings. The number of rotatable bonds is 8. The van der Waals surface area contributed by atoms with E-state index in [4.69, 9.17) is 13.9 Å². The normalized spacial score (nSPS) is 12.2. The van der Waals surface area contributed by atoms with Gasteiger partial charge < -0.3 is 19.0 Å². The fraction of sp³-hybridized carbons (Fsp3) is 0.312. The number of esters is 1. The van der Waals surface area contributed by atoms with Crippen LogP contribution in [0.5, 0.6) is 17.2 Å². The molecule has 2 N–H and O–H groups in total. The highest BCUT2D eigenvalue weighted by Crippen LogP contribution is 2.48. The molecule has 0 bridgehead atoms. The van der Waals surface area contributed by atoms with Crippen LogP contribution in [0.15, 0.2) is 28.7 Å². The van der Waals surface area contributed by atoms with Gasteiger partial charge in [-0.25, -0.2) is 13.1 Å². The van der Waals surface area contributed by atoms with Gasteiger partial charge in [-0.2, -0.15) is 0 Å². The molecule has 0 spiro atoms. The Balaban J connectivity index is 2.37. The molecule has 26 heavy (non-hydrogen) atoms. The lowest BCUT2D eigenvalue weighted by Crippen LogP contribution is -2.14. The molecule has 0 aliphatic carbocycles. The summed E-state index contributed by atoms with van der Waals surface area (Å²) in [5, 5.41) is 10.5. The topological polar surface area (TPSA) is 115 Å². The highest BCUT2D eigenvalue weighted by molar-refractivity contribution is 9.09. The lowest BCUT2D eigenvalue weighted by Gasteiger charge is -2.08. The van der Waals surface area contributed by atoms with E-state index in [0.717, 1.165) is 0 Å². The van der Waals surface area contributed by atoms with Gasteiger partial charge in [0.1, 0.15) is 5.75 Å². The van der Waals surface area contributed by atoms with Crippen LogP contribution in [-0.4, -0.2) is 33.1 Å². The minimum absolute atomic E-state index is 0.100. The van der Waals surface area contributed by atoms with Crippen LogP contribution >= 0.6 is 15.9 Å². The Bertz CT molecular complexity index is 837. The number of nitrogens with one attached hydrogen (secondary N) is 1. The summed E-state index contributed by atoms with van der Waals surface area (Å²) in [5.74, 6) is -0.0810. The second-order valence-electron chi connectivity index (χ2n) is 5.22. The standard InChI is InChI=1S/C16H18BrNO7S/c1-9(19)24-16-13(20)14(10-3-5-11(23-2)6-4-10)25-15(16)12(17)7-8-18-26(21)22/h3-6,12,20,26H,7-8H2,1-2H3,(H,18,21,22). The maximum absolute atomic E-state index is 11.4. The molecule has 0 amide bonds. The highest BCUT2D eigenvalue weighted by atomic mass is 79.9. The molecule has 10 heteroatoms. The third-order valence-corrected chi connectivity index (χ3v) is 4.74. The third-order valence-electron chi connectivity index (χ3n) is 3.39. The third kappa shape index (κ3) is 4.99. The number of benzene rings is 1. The van der Waals surface area contributed by atoms with Gasteiger partial charge in [-0.05, 0) is 30.7 Å². The minimum atomic E-state index is -2.71. The van der Waals surface area contributed by atoms with Crippen molar-refractivity contribution in [1.82, 2.24) is 4.72 Å². The van der Waals surface area contributed by atoms with Crippen molar-refractivity contribution in [2.75, 3.05) is 13.7 Å². The predicted octanol–water partition coefficient (Wildman–Crippen LogP) is 2.53. The van der Waals surface area contributed by atoms with Gasteiger partial charge in [-0.3, -0.25) is 4.79 Å². The molecule has 1 heterocycles. The molecular weight excluding hydrogens is 430 g/mol. The van der Waals surface area contributed by atoms with E-state index in [0.29, 0.717) is 17.7 Å². The number of hydrogen-bond donors (Lipinski definition) is 3. The number of thiol groups is 1. The average molecular weight is 448 g/mol. The number of methoxy groups -OCH3 is 1. The van der Waals surface area contributed by atoms with Crippen LogP contribution in [0.3, 0.4) is 0 Å². The zero-order valence-electron chi connectivity index (χ0n) is 14.0. The molecule has 1 aromatic carbocycles. The highest BCUT2D eigenvalue weighted by Gasteiger charge is 2.28. The Labute approximate surface area is 160 Å². The number of furan rings is 1. The summed E-state index contributed by atoms with van der Waals surface area (Å²) in [5.41, 5.74) is 0.559. The van der Waals surface area contributed by atoms with Crippen molar-refractivity contribution < 1.29 is 32.2 Å². The van der Waals surface area contributed by atoms with Gasteiger partial charge in [0.2, 0.25) is 22.4 Å². The average Bonchev–Trinajstić information content (AvgIpc) is 2.91. The smallest absolute Gasteiger partial charge is 0.308 e. The molecule has 8 nitrogen and oxygen atoms in total. The molecule has 1 atom stereocenters. The van der Waals surface area contributed by atoms with Crippen molar-refractivity contribution in [3.05, 3.63) is 30.0 Å². The van der Waals surface area contributed by atoms with Crippen LogP contribution in [0.25, 0.3) is 11.3 Å². The first-order valence-corrected chi connectivity index (χ1v) is 9.63. The number of alkyl halides is 1. The molecule has 0 radical (unpaired) electrons. The molecule has 0 saturated carbocycles. The maximum Gasteiger partial charge on any atom is 0.308 e. The maximum atomic E-state index is 11.4. The Hall–Kier alpha value is -2.04. The predicted molar refractivity (Wildman–Crippen MR) is 98.3 cm³/mol. The van der Waals surface area contributed by atoms with E-state index in [9.17, 15) is 18.3 Å². The summed E-state index contributed by atoms with van der Waals surface area (Å²) in [4.78, 5) is 10.9. The number of carbonyl (C=O) groups is 1. The van der Waals surface area contributed by atoms with Gasteiger partial charge in [0.25, 0.3) is 0 Å². The van der Waals surface area contributed by atoms with Gasteiger partial charge in [0.15, 0.2) is 11.5 Å². The lowest BCUT2D eigenvalue weighted by atomic mass is 10.1. The van der Waals surface area contributed by atoms with E-state index in [1.54, 1.807) is 24.3 Å². The van der Waals surface area contributed by atoms with E-state index in [1.807, 2.05) is 0 Å². The molecule has 1 aromatic heterocycles. The molecule has 2 rings (SSSR count). The Morgan fingerprint density at radius 1 is 1.35 bits per heavy atom. The second kappa shape index (κ2) is 9.06. The van der Waals surface area contributed by atoms with E-state index in [-0.39, 0.29) is 29.6 Å². The monoisotopic (exact) mass is 447 g/mol. The van der Waals surface area contributed by atoms with Gasteiger partial charge >= 0.3 is 5.97 Å². The molecular formula is C16H18BrNO7S. The van der Waals surface area contributed by atoms with Crippen LogP contribution in [0, 0.1) is 0 Å². The lowest BCUT2D eigenvalue weighted by molar-refractivity contribution is -0.132. The molecule has 0 saturated heterocycles. The SMILES string of the molecule is COc1ccc(-c2oc(C(Br)CCN[SH](=O)=O)c(OC(C)=O)c2O)cc1. The van der Waals surface area contributed by atoms with E-state index in [1.165, 1.54) is 14.0 Å². The van der Waals surface area contributed by atoms with Gasteiger partial charge in [-0.15, -0.1) is 0 Å². The van der Waals surface area contributed by atoms with Crippen LogP contribution < -0.4 is 14.2 Å². The molecule has 142 valence electrons. The number of carbonyl (C=O) groups excluding carboxylic acids is 1. The summed E-state index contributed by atoms with van der Waals surface area (Å²) in [6.45, 7) is 1.35. The van der Waals surface area contributed by atoms with Gasteiger partial charge in [0.05, 0.1) is 11.9 Å². The van der Waals surface area contributed by atoms with Gasteiger partial charge in [0, 0.05) is 19.0 Å². The summed E-state index contributed by atoms with van der Waals surface area (Å²) in [6.07, 6.45) is 0.312. The molecule has 0 fully saturated rings. The van der Waals surface area contributed by atoms with Gasteiger partial charge in [-0.1, -0.05) is 15.9 Å². The van der Waals surface area contributed by atoms with E-state index < -0.39 is 21.7 Å². The number of aromatic hydroxyl groups is 1. The summed E-state index contributed by atoms with van der Waals surface area (Å²) >= 11 is 3.37. The molecule has 0 aliphatic heterocycles. The van der Waals surface area contributed by atoms with E-state index in [2.05, 4.69) is 20.7 Å². The number of ether oxygens (including phenoxy) is 2. The Morgan fingerprint density at radius 2 is 2.00 bits per heavy atom. The van der Waals surface area contributed by atoms with Crippen molar-refractivity contribution in [3.63, 3.8) is 0 Å². The number of halogens is 1. The van der Waals surface area contributed by atoms with Crippen LogP contribution in [0.4, 0.5) is 0 Å². The van der Waals surface area contributed by atoms with Crippen molar-refractivity contribution in [1.29, 1.82) is 0 Å². The zero-order chi connectivity index (χ0) is 19.3. The van der Waals surface area contributed by atoms with Crippen molar-refractivity contribution >= 4 is 32.8 Å². The Kier molecular flexibility index (Phi) is 7.06. The zero-order valence-corrected chi connectivity index (χ0v) is 16.5. The number of hydrogen-bond acceptors (Lipinski definition) is 7. The van der Waals surface area contributed by atoms with Crippen LogP contribution in [-0.2, 0) is 15.7 Å². The quantitative estimate of drug-likeness (QED) is 0.323. The fourth-order valence-corrected chi connectivity index (χ4v) is 3.07. The first-order chi connectivity index (χ1) is 12.3. The first-order valence-electron chi connectivity index (χ1n) is 7.54.